The smallest absolute Gasteiger partial charge is 0.141 e. The molecular weight excluding hydrogens is 217 g/mol. The molecule has 2 N–H and O–H groups in total. The molecular formula is C13H20FN3. The summed E-state index contributed by atoms with van der Waals surface area (Å²) in [5.41, 5.74) is 6.53. The van der Waals surface area contributed by atoms with Crippen LogP contribution in [0.2, 0.25) is 0 Å². The van der Waals surface area contributed by atoms with Gasteiger partial charge in [0.25, 0.3) is 0 Å². The molecule has 0 aromatic carbocycles. The van der Waals surface area contributed by atoms with E-state index in [1.165, 1.54) is 19.0 Å². The molecule has 3 nitrogen and oxygen atoms in total. The summed E-state index contributed by atoms with van der Waals surface area (Å²) < 4.78 is 13.0. The maximum Gasteiger partial charge on any atom is 0.141 e. The van der Waals surface area contributed by atoms with Gasteiger partial charge in [-0.25, -0.2) is 4.39 Å². The number of hydrogen-bond donors (Lipinski definition) is 1. The van der Waals surface area contributed by atoms with E-state index in [-0.39, 0.29) is 5.82 Å². The van der Waals surface area contributed by atoms with Crippen molar-refractivity contribution in [3.63, 3.8) is 0 Å². The Hall–Kier alpha value is -1.00. The second kappa shape index (κ2) is 6.07. The van der Waals surface area contributed by atoms with Crippen molar-refractivity contribution in [2.24, 2.45) is 11.7 Å². The first-order chi connectivity index (χ1) is 8.28. The van der Waals surface area contributed by atoms with Crippen LogP contribution >= 0.6 is 0 Å². The average molecular weight is 237 g/mol. The van der Waals surface area contributed by atoms with E-state index < -0.39 is 0 Å². The first-order valence-corrected chi connectivity index (χ1v) is 6.30. The maximum atomic E-state index is 13.0. The van der Waals surface area contributed by atoms with E-state index in [1.54, 1.807) is 12.3 Å². The van der Waals surface area contributed by atoms with Gasteiger partial charge < -0.3 is 5.73 Å². The summed E-state index contributed by atoms with van der Waals surface area (Å²) in [5.74, 6) is 0.530. The summed E-state index contributed by atoms with van der Waals surface area (Å²) in [4.78, 5) is 6.24. The van der Waals surface area contributed by atoms with Crippen LogP contribution in [0, 0.1) is 11.7 Å². The van der Waals surface area contributed by atoms with E-state index in [4.69, 9.17) is 5.73 Å². The van der Waals surface area contributed by atoms with Crippen LogP contribution in [0.5, 0.6) is 0 Å². The Morgan fingerprint density at radius 1 is 1.35 bits per heavy atom. The number of aromatic nitrogens is 1. The second-order valence-electron chi connectivity index (χ2n) is 4.81. The zero-order chi connectivity index (χ0) is 12.1. The molecule has 0 bridgehead atoms. The Morgan fingerprint density at radius 3 is 2.76 bits per heavy atom. The van der Waals surface area contributed by atoms with E-state index in [1.807, 2.05) is 0 Å². The van der Waals surface area contributed by atoms with Gasteiger partial charge in [-0.3, -0.25) is 9.88 Å². The molecule has 1 saturated heterocycles. The molecule has 0 spiro atoms. The first-order valence-electron chi connectivity index (χ1n) is 6.30. The van der Waals surface area contributed by atoms with Gasteiger partial charge in [0, 0.05) is 12.7 Å². The van der Waals surface area contributed by atoms with E-state index >= 15 is 0 Å². The molecule has 1 fully saturated rings. The fourth-order valence-corrected chi connectivity index (χ4v) is 2.47. The summed E-state index contributed by atoms with van der Waals surface area (Å²) in [7, 11) is 0. The lowest BCUT2D eigenvalue weighted by atomic mass is 9.93. The van der Waals surface area contributed by atoms with E-state index in [9.17, 15) is 4.39 Å². The van der Waals surface area contributed by atoms with Crippen molar-refractivity contribution in [3.8, 4) is 0 Å². The first kappa shape index (κ1) is 12.5. The molecule has 17 heavy (non-hydrogen) atoms. The van der Waals surface area contributed by atoms with Crippen molar-refractivity contribution < 1.29 is 4.39 Å². The Balaban J connectivity index is 1.82. The summed E-state index contributed by atoms with van der Waals surface area (Å²) >= 11 is 0. The van der Waals surface area contributed by atoms with Gasteiger partial charge in [0.1, 0.15) is 5.82 Å². The normalized spacial score (nSPS) is 18.5. The van der Waals surface area contributed by atoms with Crippen molar-refractivity contribution in [1.29, 1.82) is 0 Å². The molecule has 0 radical (unpaired) electrons. The number of nitrogens with two attached hydrogens (primary N) is 1. The van der Waals surface area contributed by atoms with Crippen LogP contribution in [0.1, 0.15) is 24.8 Å². The Morgan fingerprint density at radius 2 is 2.12 bits per heavy atom. The van der Waals surface area contributed by atoms with Gasteiger partial charge in [-0.1, -0.05) is 0 Å². The summed E-state index contributed by atoms with van der Waals surface area (Å²) in [6, 6.07) is 1.57. The number of pyridine rings is 1. The maximum absolute atomic E-state index is 13.0. The van der Waals surface area contributed by atoms with Crippen LogP contribution in [0.4, 0.5) is 4.39 Å². The number of piperidine rings is 1. The molecule has 94 valence electrons. The Labute approximate surface area is 102 Å². The standard InChI is InChI=1S/C13H20FN3/c14-13-7-12(8-16-9-13)10-17-5-2-11(1-4-15)3-6-17/h7-9,11H,1-6,10,15H2. The van der Waals surface area contributed by atoms with Crippen molar-refractivity contribution in [2.75, 3.05) is 19.6 Å². The Kier molecular flexibility index (Phi) is 4.45. The molecule has 0 amide bonds. The lowest BCUT2D eigenvalue weighted by Crippen LogP contribution is -2.33. The van der Waals surface area contributed by atoms with Crippen molar-refractivity contribution >= 4 is 0 Å². The highest BCUT2D eigenvalue weighted by atomic mass is 19.1. The average Bonchev–Trinajstić information content (AvgIpc) is 2.32. The fourth-order valence-electron chi connectivity index (χ4n) is 2.47. The van der Waals surface area contributed by atoms with Gasteiger partial charge in [-0.2, -0.15) is 0 Å². The van der Waals surface area contributed by atoms with Crippen LogP contribution in [-0.4, -0.2) is 29.5 Å². The third kappa shape index (κ3) is 3.75. The second-order valence-corrected chi connectivity index (χ2v) is 4.81. The highest BCUT2D eigenvalue weighted by Gasteiger charge is 2.18. The van der Waals surface area contributed by atoms with Gasteiger partial charge >= 0.3 is 0 Å². The zero-order valence-corrected chi connectivity index (χ0v) is 10.1. The third-order valence-electron chi connectivity index (χ3n) is 3.45. The van der Waals surface area contributed by atoms with Crippen LogP contribution in [0.3, 0.4) is 0 Å². The molecule has 0 saturated carbocycles. The lowest BCUT2D eigenvalue weighted by molar-refractivity contribution is 0.173. The van der Waals surface area contributed by atoms with Crippen LogP contribution in [-0.2, 0) is 6.54 Å². The van der Waals surface area contributed by atoms with Crippen LogP contribution in [0.25, 0.3) is 0 Å². The molecule has 2 heterocycles. The minimum absolute atomic E-state index is 0.250. The summed E-state index contributed by atoms with van der Waals surface area (Å²) in [6.45, 7) is 3.76. The van der Waals surface area contributed by atoms with Crippen LogP contribution in [0.15, 0.2) is 18.5 Å². The zero-order valence-electron chi connectivity index (χ0n) is 10.1. The van der Waals surface area contributed by atoms with E-state index in [0.29, 0.717) is 0 Å². The van der Waals surface area contributed by atoms with Gasteiger partial charge in [0.2, 0.25) is 0 Å². The molecule has 1 aliphatic rings. The highest BCUT2D eigenvalue weighted by Crippen LogP contribution is 2.21. The lowest BCUT2D eigenvalue weighted by Gasteiger charge is -2.31. The number of hydrogen-bond acceptors (Lipinski definition) is 3. The molecule has 0 aliphatic carbocycles. The molecule has 1 aliphatic heterocycles. The molecule has 1 aromatic rings. The van der Waals surface area contributed by atoms with Gasteiger partial charge in [-0.05, 0) is 56.4 Å². The van der Waals surface area contributed by atoms with Crippen LogP contribution < -0.4 is 5.73 Å². The van der Waals surface area contributed by atoms with E-state index in [2.05, 4.69) is 9.88 Å². The molecule has 2 rings (SSSR count). The van der Waals surface area contributed by atoms with Gasteiger partial charge in [-0.15, -0.1) is 0 Å². The number of halogens is 1. The number of likely N-dealkylation sites (tertiary alicyclic amines) is 1. The fraction of sp³-hybridized carbons (Fsp3) is 0.615. The van der Waals surface area contributed by atoms with Crippen molar-refractivity contribution in [1.82, 2.24) is 9.88 Å². The molecule has 0 atom stereocenters. The minimum atomic E-state index is -0.250. The topological polar surface area (TPSA) is 42.1 Å². The minimum Gasteiger partial charge on any atom is -0.330 e. The number of nitrogens with zero attached hydrogens (tertiary/aromatic N) is 2. The summed E-state index contributed by atoms with van der Waals surface area (Å²) in [5, 5.41) is 0. The van der Waals surface area contributed by atoms with Crippen molar-refractivity contribution in [2.45, 2.75) is 25.8 Å². The molecule has 4 heteroatoms. The quantitative estimate of drug-likeness (QED) is 0.868. The van der Waals surface area contributed by atoms with Gasteiger partial charge in [0.15, 0.2) is 0 Å². The third-order valence-corrected chi connectivity index (χ3v) is 3.45. The summed E-state index contributed by atoms with van der Waals surface area (Å²) in [6.07, 6.45) is 6.54. The predicted octanol–water partition coefficient (Wildman–Crippen LogP) is 1.78. The predicted molar refractivity (Wildman–Crippen MR) is 65.9 cm³/mol. The van der Waals surface area contributed by atoms with Gasteiger partial charge in [0.05, 0.1) is 6.20 Å². The SMILES string of the molecule is NCCC1CCN(Cc2cncc(F)c2)CC1. The van der Waals surface area contributed by atoms with Crippen molar-refractivity contribution in [3.05, 3.63) is 29.8 Å². The monoisotopic (exact) mass is 237 g/mol. The largest absolute Gasteiger partial charge is 0.330 e. The molecule has 1 aromatic heterocycles. The molecule has 0 unspecified atom stereocenters. The number of rotatable bonds is 4. The Bertz CT molecular complexity index is 348. The highest BCUT2D eigenvalue weighted by molar-refractivity contribution is 5.10. The van der Waals surface area contributed by atoms with E-state index in [0.717, 1.165) is 44.1 Å².